The Balaban J connectivity index is 0.000000175. The second-order valence-electron chi connectivity index (χ2n) is 28.7. The summed E-state index contributed by atoms with van der Waals surface area (Å²) >= 11 is 19.4. The average Bonchev–Trinajstić information content (AvgIpc) is 1.65. The van der Waals surface area contributed by atoms with Crippen molar-refractivity contribution in [1.82, 2.24) is 75.2 Å². The van der Waals surface area contributed by atoms with Gasteiger partial charge in [-0.3, -0.25) is 34.5 Å². The van der Waals surface area contributed by atoms with Gasteiger partial charge in [0.05, 0.1) is 91.7 Å². The number of hydrogen-bond donors (Lipinski definition) is 9. The predicted molar refractivity (Wildman–Crippen MR) is 479 cm³/mol. The predicted octanol–water partition coefficient (Wildman–Crippen LogP) is 16.0. The van der Waals surface area contributed by atoms with Crippen molar-refractivity contribution in [3.05, 3.63) is 292 Å². The van der Waals surface area contributed by atoms with Crippen molar-refractivity contribution in [1.29, 1.82) is 0 Å². The molecule has 13 rings (SSSR count). The van der Waals surface area contributed by atoms with Gasteiger partial charge in [0.25, 0.3) is 17.7 Å². The number of aromatic amines is 3. The number of benzene rings is 6. The van der Waals surface area contributed by atoms with Gasteiger partial charge in [-0.05, 0) is 71.3 Å². The van der Waals surface area contributed by atoms with Gasteiger partial charge < -0.3 is 45.0 Å². The Kier molecular flexibility index (Phi) is 31.9. The van der Waals surface area contributed by atoms with Crippen molar-refractivity contribution >= 4 is 90.0 Å². The Hall–Kier alpha value is -11.8. The molecule has 4 amide bonds. The number of aromatic nitrogens is 9. The van der Waals surface area contributed by atoms with Gasteiger partial charge >= 0.3 is 0 Å². The molecule has 0 aliphatic carbocycles. The van der Waals surface area contributed by atoms with Crippen LogP contribution in [-0.4, -0.2) is 137 Å². The molecule has 1 unspecified atom stereocenters. The molecule has 0 saturated carbocycles. The number of aliphatic hydroxyl groups excluding tert-OH is 1. The van der Waals surface area contributed by atoms with Crippen molar-refractivity contribution < 1.29 is 32.7 Å². The van der Waals surface area contributed by atoms with Crippen molar-refractivity contribution in [3.8, 4) is 103 Å². The first-order chi connectivity index (χ1) is 57.5. The molecule has 6 aromatic heterocycles. The lowest BCUT2D eigenvalue weighted by Gasteiger charge is -2.19. The highest BCUT2D eigenvalue weighted by atomic mass is 35.5. The summed E-state index contributed by atoms with van der Waals surface area (Å²) in [6, 6.07) is 57.2. The second-order valence-corrected chi connectivity index (χ2v) is 34.5. The summed E-state index contributed by atoms with van der Waals surface area (Å²) in [7, 11) is 1.30. The minimum atomic E-state index is -3.86. The molecule has 12 aromatic rings. The SMILES string of the molecule is C=C(CNCC#CCn1cc(-c2[nH]ncc2-c2ccccc2Cl)cc1C(=O)NCc1ccccc1)CC(C)(C)C.C=C(CO)S(=O)(=O)NCC#CCn1cc(-c2[nH]ncc2-c2ccccc2Cl)cc1C(=O)NCc1ccccc1.CN(CC#CCn1cc(-c2[nH]ncc2-c2ccccc2Cl)cc1C(=O)NCc1ccccc1)C(=O)C1CCSS1. The third-order valence-electron chi connectivity index (χ3n) is 18.6. The van der Waals surface area contributed by atoms with E-state index < -0.39 is 16.6 Å². The fraction of sp³-hybridized carbons (Fsp3) is 0.220. The van der Waals surface area contributed by atoms with Gasteiger partial charge in [-0.25, -0.2) is 8.42 Å². The molecule has 1 saturated heterocycles. The molecule has 0 radical (unpaired) electrons. The molecule has 1 fully saturated rings. The average molecular weight is 1710 g/mol. The van der Waals surface area contributed by atoms with Crippen LogP contribution in [0.15, 0.2) is 243 Å². The molecule has 9 N–H and O–H groups in total. The molecule has 1 atom stereocenters. The summed E-state index contributed by atoms with van der Waals surface area (Å²) in [6.07, 6.45) is 12.6. The van der Waals surface area contributed by atoms with Crippen LogP contribution in [-0.2, 0) is 54.1 Å². The number of H-pyrrole nitrogens is 3. The number of carbonyl (C=O) groups is 4. The van der Waals surface area contributed by atoms with Gasteiger partial charge in [0.1, 0.15) is 17.1 Å². The zero-order chi connectivity index (χ0) is 84.3. The van der Waals surface area contributed by atoms with Crippen molar-refractivity contribution in [2.75, 3.05) is 45.6 Å². The Bertz CT molecular complexity index is 5850. The Morgan fingerprint density at radius 2 is 0.908 bits per heavy atom. The van der Waals surface area contributed by atoms with Crippen LogP contribution in [0.4, 0.5) is 0 Å². The Morgan fingerprint density at radius 3 is 1.27 bits per heavy atom. The van der Waals surface area contributed by atoms with Crippen LogP contribution >= 0.6 is 56.4 Å². The first-order valence-corrected chi connectivity index (χ1v) is 43.0. The Labute approximate surface area is 716 Å². The highest BCUT2D eigenvalue weighted by Crippen LogP contribution is 2.40. The normalized spacial score (nSPS) is 12.2. The van der Waals surface area contributed by atoms with E-state index in [-0.39, 0.29) is 52.3 Å². The van der Waals surface area contributed by atoms with E-state index in [2.05, 4.69) is 126 Å². The third-order valence-corrected chi connectivity index (χ3v) is 23.8. The van der Waals surface area contributed by atoms with Gasteiger partial charge in [-0.2, -0.15) is 20.0 Å². The molecule has 6 aromatic carbocycles. The molecule has 1 aliphatic heterocycles. The number of amides is 4. The van der Waals surface area contributed by atoms with Crippen molar-refractivity contribution in [2.45, 2.75) is 78.1 Å². The fourth-order valence-corrected chi connectivity index (χ4v) is 16.8. The zero-order valence-corrected chi connectivity index (χ0v) is 70.8. The third kappa shape index (κ3) is 24.9. The fourth-order valence-electron chi connectivity index (χ4n) is 12.7. The molecule has 0 spiro atoms. The quantitative estimate of drug-likeness (QED) is 0.00955. The number of carbonyl (C=O) groups excluding carboxylic acids is 4. The number of aliphatic hydroxyl groups is 1. The van der Waals surface area contributed by atoms with Gasteiger partial charge in [0.15, 0.2) is 0 Å². The maximum Gasteiger partial charge on any atom is 0.268 e. The van der Waals surface area contributed by atoms with E-state index in [9.17, 15) is 27.6 Å². The second kappa shape index (κ2) is 43.1. The zero-order valence-electron chi connectivity index (χ0n) is 66.1. The summed E-state index contributed by atoms with van der Waals surface area (Å²) in [6.45, 7) is 16.8. The largest absolute Gasteiger partial charge is 0.391 e. The summed E-state index contributed by atoms with van der Waals surface area (Å²) in [5.74, 6) is 18.7. The van der Waals surface area contributed by atoms with E-state index in [1.54, 1.807) is 75.0 Å². The van der Waals surface area contributed by atoms with E-state index in [0.29, 0.717) is 89.2 Å². The topological polar surface area (TPSA) is 287 Å². The molecular formula is C91H90Cl3N15O7S3. The van der Waals surface area contributed by atoms with Crippen LogP contribution in [0.1, 0.15) is 81.8 Å². The molecule has 22 nitrogen and oxygen atoms in total. The van der Waals surface area contributed by atoms with Gasteiger partial charge in [0.2, 0.25) is 15.9 Å². The van der Waals surface area contributed by atoms with Gasteiger partial charge in [0, 0.05) is 123 Å². The number of rotatable bonds is 28. The van der Waals surface area contributed by atoms with Crippen LogP contribution in [0.3, 0.4) is 0 Å². The lowest BCUT2D eigenvalue weighted by molar-refractivity contribution is -0.128. The standard InChI is InChI=1S/C33H36ClN5O.C30H28ClN5O2S2.C28H26ClN5O4S/c1-24(19-33(2,3)4)20-35-16-10-11-17-39-23-26(18-30(39)32(40)36-21-25-12-6-5-7-13-25)31-28(22-37-38-31)27-14-8-9-15-29(27)34;1-35(30(38)27-13-16-39-40-27)14-7-8-15-36-20-22(17-26(36)29(37)32-18-21-9-3-2-4-10-21)28-24(19-33-34-28)23-11-5-6-12-25(23)31;1-20(19-35)39(37,38)32-13-7-8-14-34-18-22(15-26(34)28(36)30-16-21-9-3-2-4-10-21)27-24(17-31-33-27)23-11-5-6-12-25(23)29/h5-9,12-15,18,22-23,35H,1,16-17,19-21H2,2-4H3,(H,36,40)(H,37,38);2-6,9-12,17,19-20,27H,13-16,18H2,1H3,(H,32,37)(H,33,34);2-6,9-12,15,17-18,32,35H,1,13-14,16,19H2,(H,30,36)(H,31,33). The van der Waals surface area contributed by atoms with E-state index in [1.165, 1.54) is 0 Å². The van der Waals surface area contributed by atoms with Crippen molar-refractivity contribution in [2.24, 2.45) is 5.41 Å². The molecule has 1 aliphatic rings. The number of halogens is 3. The molecular weight excluding hydrogens is 1620 g/mol. The molecule has 610 valence electrons. The lowest BCUT2D eigenvalue weighted by atomic mass is 9.88. The lowest BCUT2D eigenvalue weighted by Crippen LogP contribution is -2.33. The van der Waals surface area contributed by atoms with Gasteiger partial charge in [-0.1, -0.05) is 277 Å². The van der Waals surface area contributed by atoms with Crippen LogP contribution in [0.25, 0.3) is 67.2 Å². The molecule has 28 heteroatoms. The summed E-state index contributed by atoms with van der Waals surface area (Å²) < 4.78 is 31.5. The maximum absolute atomic E-state index is 13.3. The van der Waals surface area contributed by atoms with Crippen LogP contribution < -0.4 is 26.0 Å². The monoisotopic (exact) mass is 1710 g/mol. The highest BCUT2D eigenvalue weighted by molar-refractivity contribution is 8.77. The first kappa shape index (κ1) is 88.1. The maximum atomic E-state index is 13.3. The van der Waals surface area contributed by atoms with E-state index in [0.717, 1.165) is 103 Å². The number of nitrogens with zero attached hydrogens (tertiary/aromatic N) is 7. The summed E-state index contributed by atoms with van der Waals surface area (Å²) in [5, 5.41) is 45.0. The minimum Gasteiger partial charge on any atom is -0.391 e. The van der Waals surface area contributed by atoms with Crippen LogP contribution in [0, 0.1) is 40.9 Å². The van der Waals surface area contributed by atoms with E-state index in [1.807, 2.05) is 191 Å². The van der Waals surface area contributed by atoms with Crippen LogP contribution in [0.2, 0.25) is 15.1 Å². The number of hydrogen-bond acceptors (Lipinski definition) is 13. The van der Waals surface area contributed by atoms with E-state index in [4.69, 9.17) is 39.9 Å². The van der Waals surface area contributed by atoms with Crippen molar-refractivity contribution in [3.63, 3.8) is 0 Å². The number of nitrogens with one attached hydrogen (secondary N) is 8. The van der Waals surface area contributed by atoms with E-state index >= 15 is 0 Å². The summed E-state index contributed by atoms with van der Waals surface area (Å²) in [4.78, 5) is 53.8. The van der Waals surface area contributed by atoms with Gasteiger partial charge in [-0.15, -0.1) is 0 Å². The van der Waals surface area contributed by atoms with Crippen LogP contribution in [0.5, 0.6) is 0 Å². The highest BCUT2D eigenvalue weighted by Gasteiger charge is 2.28. The molecule has 7 heterocycles. The molecule has 0 bridgehead atoms. The smallest absolute Gasteiger partial charge is 0.268 e. The molecule has 119 heavy (non-hydrogen) atoms. The summed E-state index contributed by atoms with van der Waals surface area (Å²) in [5.41, 5.74) is 15.3. The first-order valence-electron chi connectivity index (χ1n) is 38.0. The number of sulfonamides is 1. The Morgan fingerprint density at radius 1 is 0.538 bits per heavy atom. The minimum absolute atomic E-state index is 0.00504.